The third-order valence-electron chi connectivity index (χ3n) is 6.37. The highest BCUT2D eigenvalue weighted by Crippen LogP contribution is 2.31. The van der Waals surface area contributed by atoms with Crippen LogP contribution in [-0.4, -0.2) is 30.6 Å². The summed E-state index contributed by atoms with van der Waals surface area (Å²) in [6, 6.07) is 20.1. The third kappa shape index (κ3) is 5.06. The van der Waals surface area contributed by atoms with Crippen LogP contribution < -0.4 is 4.90 Å². The van der Waals surface area contributed by atoms with E-state index in [1.807, 2.05) is 50.2 Å². The van der Waals surface area contributed by atoms with Crippen molar-refractivity contribution in [2.24, 2.45) is 0 Å². The normalized spacial score (nSPS) is 16.5. The number of benzene rings is 3. The number of anilines is 1. The number of rotatable bonds is 7. The fraction of sp³-hybridized carbons (Fsp3) is 0.286. The van der Waals surface area contributed by atoms with Gasteiger partial charge in [-0.25, -0.2) is 13.3 Å². The molecule has 0 bridgehead atoms. The molecule has 7 heteroatoms. The lowest BCUT2D eigenvalue weighted by molar-refractivity contribution is -0.122. The first kappa shape index (κ1) is 24.8. The van der Waals surface area contributed by atoms with Gasteiger partial charge in [0.1, 0.15) is 6.04 Å². The Labute approximate surface area is 207 Å². The van der Waals surface area contributed by atoms with E-state index in [4.69, 9.17) is 0 Å². The maximum Gasteiger partial charge on any atom is 0.252 e. The number of aryl methyl sites for hydroxylation is 2. The van der Waals surface area contributed by atoms with E-state index in [0.29, 0.717) is 11.6 Å². The van der Waals surface area contributed by atoms with Gasteiger partial charge in [-0.2, -0.15) is 4.31 Å². The molecule has 0 aromatic heterocycles. The van der Waals surface area contributed by atoms with E-state index in [1.54, 1.807) is 24.3 Å². The van der Waals surface area contributed by atoms with Gasteiger partial charge in [-0.3, -0.25) is 9.59 Å². The van der Waals surface area contributed by atoms with E-state index >= 15 is 0 Å². The Hall–Kier alpha value is -3.29. The van der Waals surface area contributed by atoms with Gasteiger partial charge in [-0.1, -0.05) is 73.5 Å². The Morgan fingerprint density at radius 1 is 0.857 bits per heavy atom. The number of hydrogen-bond donors (Lipinski definition) is 0. The summed E-state index contributed by atoms with van der Waals surface area (Å²) < 4.78 is 28.7. The summed E-state index contributed by atoms with van der Waals surface area (Å²) in [4.78, 5) is 27.8. The van der Waals surface area contributed by atoms with Crippen LogP contribution in [-0.2, 0) is 26.2 Å². The standard InChI is InChI=1S/C28H30N2O4S/c1-19(2)23-11-13-24(14-12-23)30-27(31)17-26(28(30)32)29(18-22-9-5-20(3)6-10-22)35(33,34)25-15-7-21(4)8-16-25/h5-16,19,26H,17-18H2,1-4H3. The number of sulfonamides is 1. The first-order valence-electron chi connectivity index (χ1n) is 11.7. The van der Waals surface area contributed by atoms with Crippen molar-refractivity contribution >= 4 is 27.5 Å². The molecule has 1 unspecified atom stereocenters. The van der Waals surface area contributed by atoms with Gasteiger partial charge >= 0.3 is 0 Å². The predicted molar refractivity (Wildman–Crippen MR) is 137 cm³/mol. The van der Waals surface area contributed by atoms with Crippen molar-refractivity contribution in [3.63, 3.8) is 0 Å². The van der Waals surface area contributed by atoms with Gasteiger partial charge in [0.25, 0.3) is 5.91 Å². The third-order valence-corrected chi connectivity index (χ3v) is 8.24. The fourth-order valence-electron chi connectivity index (χ4n) is 4.20. The second-order valence-corrected chi connectivity index (χ2v) is 11.3. The summed E-state index contributed by atoms with van der Waals surface area (Å²) in [5.41, 5.74) is 4.26. The van der Waals surface area contributed by atoms with Crippen molar-refractivity contribution in [1.82, 2.24) is 4.31 Å². The minimum absolute atomic E-state index is 0.0136. The number of carbonyl (C=O) groups excluding carboxylic acids is 2. The highest BCUT2D eigenvalue weighted by atomic mass is 32.2. The average Bonchev–Trinajstić information content (AvgIpc) is 3.12. The van der Waals surface area contributed by atoms with Crippen molar-refractivity contribution in [3.8, 4) is 0 Å². The van der Waals surface area contributed by atoms with Crippen molar-refractivity contribution in [3.05, 3.63) is 95.1 Å². The van der Waals surface area contributed by atoms with Gasteiger partial charge in [-0.05, 0) is 55.2 Å². The van der Waals surface area contributed by atoms with Crippen LogP contribution in [0.25, 0.3) is 0 Å². The molecular formula is C28H30N2O4S. The van der Waals surface area contributed by atoms with Crippen molar-refractivity contribution in [1.29, 1.82) is 0 Å². The summed E-state index contributed by atoms with van der Waals surface area (Å²) >= 11 is 0. The Balaban J connectivity index is 1.72. The molecule has 1 aliphatic heterocycles. The van der Waals surface area contributed by atoms with E-state index in [1.165, 1.54) is 16.4 Å². The smallest absolute Gasteiger partial charge is 0.252 e. The average molecular weight is 491 g/mol. The van der Waals surface area contributed by atoms with Crippen LogP contribution in [0.2, 0.25) is 0 Å². The molecule has 0 spiro atoms. The second-order valence-electron chi connectivity index (χ2n) is 9.38. The Kier molecular flexibility index (Phi) is 6.92. The lowest BCUT2D eigenvalue weighted by Gasteiger charge is -2.27. The van der Waals surface area contributed by atoms with Crippen LogP contribution in [0.3, 0.4) is 0 Å². The lowest BCUT2D eigenvalue weighted by Crippen LogP contribution is -2.45. The van der Waals surface area contributed by atoms with Crippen molar-refractivity contribution in [2.45, 2.75) is 57.5 Å². The number of nitrogens with zero attached hydrogens (tertiary/aromatic N) is 2. The Bertz CT molecular complexity index is 1330. The zero-order chi connectivity index (χ0) is 25.3. The van der Waals surface area contributed by atoms with E-state index in [0.717, 1.165) is 27.2 Å². The van der Waals surface area contributed by atoms with Gasteiger partial charge in [0, 0.05) is 6.54 Å². The van der Waals surface area contributed by atoms with Crippen LogP contribution in [0, 0.1) is 13.8 Å². The van der Waals surface area contributed by atoms with Gasteiger partial charge in [0.15, 0.2) is 0 Å². The molecule has 4 rings (SSSR count). The molecule has 3 aromatic rings. The minimum Gasteiger partial charge on any atom is -0.274 e. The fourth-order valence-corrected chi connectivity index (χ4v) is 5.77. The lowest BCUT2D eigenvalue weighted by atomic mass is 10.0. The van der Waals surface area contributed by atoms with Crippen molar-refractivity contribution < 1.29 is 18.0 Å². The van der Waals surface area contributed by atoms with E-state index in [2.05, 4.69) is 13.8 Å². The summed E-state index contributed by atoms with van der Waals surface area (Å²) in [5.74, 6) is -0.633. The number of carbonyl (C=O) groups is 2. The maximum absolute atomic E-state index is 13.8. The topological polar surface area (TPSA) is 74.8 Å². The van der Waals surface area contributed by atoms with Gasteiger partial charge in [0.2, 0.25) is 15.9 Å². The molecule has 0 radical (unpaired) electrons. The molecule has 182 valence electrons. The number of imide groups is 1. The minimum atomic E-state index is -4.06. The van der Waals surface area contributed by atoms with Crippen LogP contribution in [0.15, 0.2) is 77.7 Å². The van der Waals surface area contributed by atoms with Gasteiger partial charge in [-0.15, -0.1) is 0 Å². The number of amides is 2. The summed E-state index contributed by atoms with van der Waals surface area (Å²) in [7, 11) is -4.06. The summed E-state index contributed by atoms with van der Waals surface area (Å²) in [6.07, 6.45) is -0.207. The number of hydrogen-bond acceptors (Lipinski definition) is 4. The van der Waals surface area contributed by atoms with Crippen LogP contribution in [0.1, 0.15) is 48.4 Å². The predicted octanol–water partition coefficient (Wildman–Crippen LogP) is 4.95. The molecule has 35 heavy (non-hydrogen) atoms. The molecule has 1 heterocycles. The van der Waals surface area contributed by atoms with E-state index in [9.17, 15) is 18.0 Å². The zero-order valence-electron chi connectivity index (χ0n) is 20.4. The molecule has 1 fully saturated rings. The Morgan fingerprint density at radius 2 is 1.40 bits per heavy atom. The highest BCUT2D eigenvalue weighted by Gasteiger charge is 2.47. The molecular weight excluding hydrogens is 460 g/mol. The maximum atomic E-state index is 13.8. The van der Waals surface area contributed by atoms with Crippen LogP contribution >= 0.6 is 0 Å². The van der Waals surface area contributed by atoms with Crippen LogP contribution in [0.4, 0.5) is 5.69 Å². The van der Waals surface area contributed by atoms with Gasteiger partial charge in [0.05, 0.1) is 17.0 Å². The molecule has 1 atom stereocenters. The zero-order valence-corrected chi connectivity index (χ0v) is 21.2. The largest absolute Gasteiger partial charge is 0.274 e. The Morgan fingerprint density at radius 3 is 1.94 bits per heavy atom. The molecule has 3 aromatic carbocycles. The first-order chi connectivity index (χ1) is 16.6. The molecule has 0 aliphatic carbocycles. The quantitative estimate of drug-likeness (QED) is 0.439. The summed E-state index contributed by atoms with van der Waals surface area (Å²) in [6.45, 7) is 7.95. The molecule has 0 saturated carbocycles. The molecule has 1 aliphatic rings. The summed E-state index contributed by atoms with van der Waals surface area (Å²) in [5, 5.41) is 0. The second kappa shape index (κ2) is 9.76. The van der Waals surface area contributed by atoms with E-state index < -0.39 is 27.9 Å². The molecule has 6 nitrogen and oxygen atoms in total. The van der Waals surface area contributed by atoms with Crippen LogP contribution in [0.5, 0.6) is 0 Å². The van der Waals surface area contributed by atoms with Crippen molar-refractivity contribution in [2.75, 3.05) is 4.90 Å². The molecule has 0 N–H and O–H groups in total. The van der Waals surface area contributed by atoms with Gasteiger partial charge < -0.3 is 0 Å². The highest BCUT2D eigenvalue weighted by molar-refractivity contribution is 7.89. The first-order valence-corrected chi connectivity index (χ1v) is 13.1. The molecule has 2 amide bonds. The van der Waals surface area contributed by atoms with E-state index in [-0.39, 0.29) is 17.9 Å². The molecule has 1 saturated heterocycles. The monoisotopic (exact) mass is 490 g/mol. The SMILES string of the molecule is Cc1ccc(CN(C2CC(=O)N(c3ccc(C(C)C)cc3)C2=O)S(=O)(=O)c2ccc(C)cc2)cc1.